The van der Waals surface area contributed by atoms with Gasteiger partial charge in [0.15, 0.2) is 0 Å². The van der Waals surface area contributed by atoms with E-state index in [1.54, 1.807) is 22.5 Å². The van der Waals surface area contributed by atoms with Gasteiger partial charge in [0.2, 0.25) is 5.91 Å². The molecule has 0 unspecified atom stereocenters. The highest BCUT2D eigenvalue weighted by molar-refractivity contribution is 7.18. The summed E-state index contributed by atoms with van der Waals surface area (Å²) in [4.78, 5) is 18.8. The summed E-state index contributed by atoms with van der Waals surface area (Å²) in [5.74, 6) is 0.852. The Kier molecular flexibility index (Phi) is 4.97. The van der Waals surface area contributed by atoms with E-state index < -0.39 is 0 Å². The van der Waals surface area contributed by atoms with Crippen LogP contribution in [0.25, 0.3) is 10.2 Å². The highest BCUT2D eigenvalue weighted by Crippen LogP contribution is 2.28. The molecule has 0 bridgehead atoms. The van der Waals surface area contributed by atoms with E-state index in [1.807, 2.05) is 51.2 Å². The first-order valence-corrected chi connectivity index (χ1v) is 8.76. The van der Waals surface area contributed by atoms with Crippen molar-refractivity contribution in [2.24, 2.45) is 0 Å². The largest absolute Gasteiger partial charge is 0.468 e. The first-order chi connectivity index (χ1) is 11.6. The predicted molar refractivity (Wildman–Crippen MR) is 95.9 cm³/mol. The molecule has 24 heavy (non-hydrogen) atoms. The molecule has 0 radical (unpaired) electrons. The van der Waals surface area contributed by atoms with Gasteiger partial charge in [-0.05, 0) is 38.1 Å². The molecule has 5 nitrogen and oxygen atoms in total. The summed E-state index contributed by atoms with van der Waals surface area (Å²) in [5.41, 5.74) is 0.981. The zero-order valence-corrected chi connectivity index (χ0v) is 14.8. The van der Waals surface area contributed by atoms with Gasteiger partial charge in [-0.2, -0.15) is 0 Å². The average molecular weight is 343 g/mol. The zero-order chi connectivity index (χ0) is 17.1. The van der Waals surface area contributed by atoms with E-state index in [0.29, 0.717) is 0 Å². The average Bonchev–Trinajstić information content (AvgIpc) is 3.26. The van der Waals surface area contributed by atoms with Gasteiger partial charge in [-0.3, -0.25) is 10.1 Å². The molecule has 0 aliphatic heterocycles. The van der Waals surface area contributed by atoms with Gasteiger partial charge < -0.3 is 9.32 Å². The standard InChI is InChI=1S/C18H21N3O2S/c1-12(15-8-6-10-23-15)19-11-17(22)21(3)13(2)18-20-14-7-4-5-9-16(14)24-18/h4-10,12-13,19H,11H2,1-3H3/t12-,13+/m1/s1. The lowest BCUT2D eigenvalue weighted by Crippen LogP contribution is -2.37. The van der Waals surface area contributed by atoms with E-state index >= 15 is 0 Å². The maximum atomic E-state index is 12.5. The number of fused-ring (bicyclic) bond motifs is 1. The second-order valence-electron chi connectivity index (χ2n) is 5.82. The van der Waals surface area contributed by atoms with Crippen molar-refractivity contribution in [2.75, 3.05) is 13.6 Å². The van der Waals surface area contributed by atoms with Gasteiger partial charge in [-0.25, -0.2) is 4.98 Å². The summed E-state index contributed by atoms with van der Waals surface area (Å²) in [6, 6.07) is 11.7. The van der Waals surface area contributed by atoms with Crippen LogP contribution in [0.15, 0.2) is 47.1 Å². The van der Waals surface area contributed by atoms with Crippen LogP contribution < -0.4 is 5.32 Å². The Morgan fingerprint density at radius 2 is 2.08 bits per heavy atom. The monoisotopic (exact) mass is 343 g/mol. The van der Waals surface area contributed by atoms with Crippen LogP contribution in [0.3, 0.4) is 0 Å². The molecule has 0 saturated heterocycles. The quantitative estimate of drug-likeness (QED) is 0.740. The number of rotatable bonds is 6. The number of likely N-dealkylation sites (N-methyl/N-ethyl adjacent to an activating group) is 1. The first-order valence-electron chi connectivity index (χ1n) is 7.94. The van der Waals surface area contributed by atoms with E-state index in [9.17, 15) is 4.79 Å². The molecule has 2 aromatic heterocycles. The molecule has 3 aromatic rings. The minimum atomic E-state index is -0.0596. The Hall–Kier alpha value is -2.18. The molecule has 2 heterocycles. The van der Waals surface area contributed by atoms with Crippen molar-refractivity contribution in [3.8, 4) is 0 Å². The molecular formula is C18H21N3O2S. The Labute approximate surface area is 145 Å². The predicted octanol–water partition coefficient (Wildman–Crippen LogP) is 3.76. The van der Waals surface area contributed by atoms with E-state index in [0.717, 1.165) is 21.0 Å². The fourth-order valence-electron chi connectivity index (χ4n) is 2.45. The van der Waals surface area contributed by atoms with Crippen LogP contribution in [-0.4, -0.2) is 29.4 Å². The molecule has 0 aliphatic rings. The number of thiazole rings is 1. The molecule has 3 rings (SSSR count). The van der Waals surface area contributed by atoms with Crippen molar-refractivity contribution in [3.05, 3.63) is 53.4 Å². The summed E-state index contributed by atoms with van der Waals surface area (Å²) in [6.07, 6.45) is 1.64. The Balaban J connectivity index is 1.62. The smallest absolute Gasteiger partial charge is 0.236 e. The number of hydrogen-bond acceptors (Lipinski definition) is 5. The molecular weight excluding hydrogens is 322 g/mol. The summed E-state index contributed by atoms with van der Waals surface area (Å²) in [7, 11) is 1.82. The third-order valence-corrected chi connectivity index (χ3v) is 5.38. The van der Waals surface area contributed by atoms with E-state index in [4.69, 9.17) is 4.42 Å². The van der Waals surface area contributed by atoms with Crippen molar-refractivity contribution in [1.29, 1.82) is 0 Å². The van der Waals surface area contributed by atoms with Crippen molar-refractivity contribution < 1.29 is 9.21 Å². The fraction of sp³-hybridized carbons (Fsp3) is 0.333. The van der Waals surface area contributed by atoms with Gasteiger partial charge in [0.1, 0.15) is 10.8 Å². The molecule has 6 heteroatoms. The van der Waals surface area contributed by atoms with Crippen LogP contribution in [0.1, 0.15) is 36.7 Å². The van der Waals surface area contributed by atoms with Gasteiger partial charge >= 0.3 is 0 Å². The molecule has 1 N–H and O–H groups in total. The number of nitrogens with one attached hydrogen (secondary N) is 1. The summed E-state index contributed by atoms with van der Waals surface area (Å²) < 4.78 is 6.49. The van der Waals surface area contributed by atoms with Crippen LogP contribution in [0.4, 0.5) is 0 Å². The zero-order valence-electron chi connectivity index (χ0n) is 14.0. The summed E-state index contributed by atoms with van der Waals surface area (Å²) >= 11 is 1.63. The Morgan fingerprint density at radius 3 is 2.79 bits per heavy atom. The number of aromatic nitrogens is 1. The summed E-state index contributed by atoms with van der Waals surface area (Å²) in [5, 5.41) is 4.15. The maximum Gasteiger partial charge on any atom is 0.236 e. The van der Waals surface area contributed by atoms with Crippen LogP contribution in [0.2, 0.25) is 0 Å². The van der Waals surface area contributed by atoms with Gasteiger partial charge in [-0.1, -0.05) is 12.1 Å². The molecule has 0 fully saturated rings. The second kappa shape index (κ2) is 7.15. The number of benzene rings is 1. The second-order valence-corrected chi connectivity index (χ2v) is 6.88. The van der Waals surface area contributed by atoms with Crippen molar-refractivity contribution in [1.82, 2.24) is 15.2 Å². The Bertz CT molecular complexity index is 780. The van der Waals surface area contributed by atoms with Crippen molar-refractivity contribution in [2.45, 2.75) is 25.9 Å². The lowest BCUT2D eigenvalue weighted by atomic mass is 10.2. The SMILES string of the molecule is C[C@@H](NCC(=O)N(C)[C@@H](C)c1nc2ccccc2s1)c1ccco1. The highest BCUT2D eigenvalue weighted by Gasteiger charge is 2.21. The van der Waals surface area contributed by atoms with Gasteiger partial charge in [0, 0.05) is 7.05 Å². The van der Waals surface area contributed by atoms with Crippen LogP contribution in [-0.2, 0) is 4.79 Å². The number of carbonyl (C=O) groups is 1. The number of furan rings is 1. The molecule has 0 saturated carbocycles. The first kappa shape index (κ1) is 16.7. The fourth-order valence-corrected chi connectivity index (χ4v) is 3.52. The van der Waals surface area contributed by atoms with Crippen LogP contribution in [0, 0.1) is 0 Å². The Morgan fingerprint density at radius 1 is 1.29 bits per heavy atom. The van der Waals surface area contributed by atoms with Gasteiger partial charge in [-0.15, -0.1) is 11.3 Å². The highest BCUT2D eigenvalue weighted by atomic mass is 32.1. The molecule has 126 valence electrons. The number of amides is 1. The third kappa shape index (κ3) is 3.49. The van der Waals surface area contributed by atoms with Crippen LogP contribution in [0.5, 0.6) is 0 Å². The van der Waals surface area contributed by atoms with E-state index in [1.165, 1.54) is 0 Å². The summed E-state index contributed by atoms with van der Waals surface area (Å²) in [6.45, 7) is 4.24. The van der Waals surface area contributed by atoms with E-state index in [2.05, 4.69) is 16.4 Å². The normalized spacial score (nSPS) is 13.8. The molecule has 1 amide bonds. The third-order valence-electron chi connectivity index (χ3n) is 4.17. The molecule has 0 spiro atoms. The number of para-hydroxylation sites is 1. The number of hydrogen-bond donors (Lipinski definition) is 1. The van der Waals surface area contributed by atoms with E-state index in [-0.39, 0.29) is 24.5 Å². The van der Waals surface area contributed by atoms with Crippen molar-refractivity contribution >= 4 is 27.5 Å². The number of carbonyl (C=O) groups excluding carboxylic acids is 1. The minimum absolute atomic E-state index is 0.00453. The van der Waals surface area contributed by atoms with Crippen LogP contribution >= 0.6 is 11.3 Å². The maximum absolute atomic E-state index is 12.5. The van der Waals surface area contributed by atoms with Gasteiger partial charge in [0.05, 0.1) is 35.1 Å². The molecule has 0 aliphatic carbocycles. The topological polar surface area (TPSA) is 58.4 Å². The minimum Gasteiger partial charge on any atom is -0.468 e. The lowest BCUT2D eigenvalue weighted by Gasteiger charge is -2.24. The molecule has 1 aromatic carbocycles. The number of nitrogens with zero attached hydrogens (tertiary/aromatic N) is 2. The molecule has 2 atom stereocenters. The van der Waals surface area contributed by atoms with Crippen molar-refractivity contribution in [3.63, 3.8) is 0 Å². The van der Waals surface area contributed by atoms with Gasteiger partial charge in [0.25, 0.3) is 0 Å². The lowest BCUT2D eigenvalue weighted by molar-refractivity contribution is -0.131.